The highest BCUT2D eigenvalue weighted by Crippen LogP contribution is 2.62. The van der Waals surface area contributed by atoms with Gasteiger partial charge >= 0.3 is 11.4 Å². The predicted molar refractivity (Wildman–Crippen MR) is 158 cm³/mol. The van der Waals surface area contributed by atoms with Gasteiger partial charge in [-0.1, -0.05) is 23.4 Å². The molecule has 1 saturated carbocycles. The predicted octanol–water partition coefficient (Wildman–Crippen LogP) is -0.963. The molecule has 5 aliphatic rings. The third-order valence-corrected chi connectivity index (χ3v) is 9.65. The monoisotopic (exact) mass is 646 g/mol. The lowest BCUT2D eigenvalue weighted by Crippen LogP contribution is -2.51. The van der Waals surface area contributed by atoms with E-state index in [1.165, 1.54) is 27.6 Å². The fraction of sp³-hybridized carbons (Fsp3) is 0.433. The Labute approximate surface area is 264 Å². The number of hydrogen-bond acceptors (Lipinski definition) is 12. The summed E-state index contributed by atoms with van der Waals surface area (Å²) in [6.07, 6.45) is 1.45. The smallest absolute Gasteiger partial charge is 0.351 e. The number of aliphatic hydroxyl groups excluding tert-OH is 2. The summed E-state index contributed by atoms with van der Waals surface area (Å²) in [5.74, 6) is -0.595. The lowest BCUT2D eigenvalue weighted by molar-refractivity contribution is -0.174. The molecule has 4 bridgehead atoms. The maximum atomic E-state index is 13.0. The molecule has 0 radical (unpaired) electrons. The Balaban J connectivity index is 0.993. The summed E-state index contributed by atoms with van der Waals surface area (Å²) < 4.78 is 22.5. The zero-order valence-corrected chi connectivity index (χ0v) is 24.9. The number of hydrogen-bond donors (Lipinski definition) is 4. The number of nitrogens with zero attached hydrogens (tertiary/aromatic N) is 6. The van der Waals surface area contributed by atoms with E-state index in [4.69, 9.17) is 14.2 Å². The third kappa shape index (κ3) is 4.53. The van der Waals surface area contributed by atoms with Gasteiger partial charge < -0.3 is 29.7 Å². The zero-order chi connectivity index (χ0) is 32.7. The number of aromatic nitrogens is 7. The maximum Gasteiger partial charge on any atom is 0.351 e. The van der Waals surface area contributed by atoms with Crippen LogP contribution < -0.4 is 22.3 Å². The molecule has 3 aromatic heterocycles. The first-order valence-electron chi connectivity index (χ1n) is 15.1. The number of ether oxygens (including phenoxy) is 3. The number of benzene rings is 1. The standard InChI is InChI=1S/C30H30N8O9/c1-15-11-37(28(44)33-23(15)41)25-18-10-29(13-39,46-25)21(18)38-12-17(34-35-38)9-30-14-45-20(22(30)40)26(47-30)36-8-7-19(32-27(36)43)31-24(42)16-5-3-2-4-6-16/h2-8,11-12,18,20-22,25-26,39-40H,9-10,13-14H2,1H3,(H,33,41,44)(H,31,32,42,43)/t18?,20-,21+,22+,25-,26-,29-,30+/m1/s1. The van der Waals surface area contributed by atoms with E-state index in [0.29, 0.717) is 23.2 Å². The fourth-order valence-electron chi connectivity index (χ4n) is 7.30. The van der Waals surface area contributed by atoms with Crippen molar-refractivity contribution in [3.8, 4) is 0 Å². The summed E-state index contributed by atoms with van der Waals surface area (Å²) in [5.41, 5.74) is -2.80. The topological polar surface area (TPSA) is 218 Å². The number of aliphatic hydroxyl groups is 2. The Hall–Kier alpha value is -4.81. The Morgan fingerprint density at radius 2 is 1.87 bits per heavy atom. The number of aromatic amines is 1. The minimum absolute atomic E-state index is 0.0435. The van der Waals surface area contributed by atoms with Crippen LogP contribution in [-0.4, -0.2) is 86.8 Å². The van der Waals surface area contributed by atoms with E-state index in [2.05, 4.69) is 25.6 Å². The zero-order valence-electron chi connectivity index (χ0n) is 24.9. The van der Waals surface area contributed by atoms with E-state index in [-0.39, 0.29) is 31.4 Å². The summed E-state index contributed by atoms with van der Waals surface area (Å²) in [6, 6.07) is 9.53. The van der Waals surface area contributed by atoms with Crippen LogP contribution in [-0.2, 0) is 20.6 Å². The van der Waals surface area contributed by atoms with Crippen molar-refractivity contribution >= 4 is 11.7 Å². The molecule has 4 N–H and O–H groups in total. The van der Waals surface area contributed by atoms with Gasteiger partial charge in [0, 0.05) is 42.1 Å². The lowest BCUT2D eigenvalue weighted by Gasteiger charge is -2.42. The largest absolute Gasteiger partial charge is 0.393 e. The van der Waals surface area contributed by atoms with Crippen LogP contribution in [0.5, 0.6) is 0 Å². The van der Waals surface area contributed by atoms with Crippen LogP contribution in [0.1, 0.15) is 46.5 Å². The van der Waals surface area contributed by atoms with Crippen molar-refractivity contribution in [1.82, 2.24) is 34.1 Å². The van der Waals surface area contributed by atoms with Gasteiger partial charge in [0.2, 0.25) is 0 Å². The first-order chi connectivity index (χ1) is 22.6. The number of anilines is 1. The summed E-state index contributed by atoms with van der Waals surface area (Å²) in [4.78, 5) is 56.2. The van der Waals surface area contributed by atoms with Crippen LogP contribution in [0.4, 0.5) is 5.82 Å². The number of fused-ring (bicyclic) bond motifs is 3. The van der Waals surface area contributed by atoms with Gasteiger partial charge in [-0.3, -0.25) is 23.7 Å². The summed E-state index contributed by atoms with van der Waals surface area (Å²) >= 11 is 0. The maximum absolute atomic E-state index is 13.0. The molecule has 4 aliphatic heterocycles. The van der Waals surface area contributed by atoms with Gasteiger partial charge in [0.1, 0.15) is 35.5 Å². The van der Waals surface area contributed by atoms with Gasteiger partial charge in [0.25, 0.3) is 11.5 Å². The Morgan fingerprint density at radius 3 is 2.64 bits per heavy atom. The van der Waals surface area contributed by atoms with Gasteiger partial charge in [-0.15, -0.1) is 5.10 Å². The van der Waals surface area contributed by atoms with Crippen molar-refractivity contribution < 1.29 is 29.2 Å². The molecular weight excluding hydrogens is 616 g/mol. The van der Waals surface area contributed by atoms with E-state index in [1.54, 1.807) is 48.1 Å². The van der Waals surface area contributed by atoms with E-state index < -0.39 is 64.8 Å². The van der Waals surface area contributed by atoms with Crippen LogP contribution in [0.2, 0.25) is 0 Å². The molecule has 4 saturated heterocycles. The van der Waals surface area contributed by atoms with Crippen molar-refractivity contribution in [1.29, 1.82) is 0 Å². The number of carbonyl (C=O) groups is 1. The lowest BCUT2D eigenvalue weighted by atomic mass is 9.69. The molecule has 4 aromatic rings. The Morgan fingerprint density at radius 1 is 1.09 bits per heavy atom. The molecule has 5 fully saturated rings. The second-order valence-electron chi connectivity index (χ2n) is 12.5. The van der Waals surface area contributed by atoms with Crippen LogP contribution >= 0.6 is 0 Å². The molecule has 0 spiro atoms. The van der Waals surface area contributed by atoms with E-state index in [0.717, 1.165) is 0 Å². The molecule has 8 atom stereocenters. The fourth-order valence-corrected chi connectivity index (χ4v) is 7.30. The molecular formula is C30H30N8O9. The molecule has 244 valence electrons. The van der Waals surface area contributed by atoms with E-state index >= 15 is 0 Å². The van der Waals surface area contributed by atoms with Gasteiger partial charge in [-0.2, -0.15) is 4.98 Å². The third-order valence-electron chi connectivity index (χ3n) is 9.65. The summed E-state index contributed by atoms with van der Waals surface area (Å²) in [5, 5.41) is 32.7. The Bertz CT molecular complexity index is 2060. The number of nitrogens with one attached hydrogen (secondary N) is 2. The highest BCUT2D eigenvalue weighted by molar-refractivity contribution is 6.03. The van der Waals surface area contributed by atoms with Gasteiger partial charge in [-0.25, -0.2) is 14.3 Å². The minimum Gasteiger partial charge on any atom is -0.393 e. The number of carbonyl (C=O) groups excluding carboxylic acids is 1. The highest BCUT2D eigenvalue weighted by atomic mass is 16.6. The highest BCUT2D eigenvalue weighted by Gasteiger charge is 2.68. The summed E-state index contributed by atoms with van der Waals surface area (Å²) in [7, 11) is 0. The van der Waals surface area contributed by atoms with E-state index in [1.807, 2.05) is 0 Å². The van der Waals surface area contributed by atoms with Crippen molar-refractivity contribution in [3.05, 3.63) is 103 Å². The molecule has 1 unspecified atom stereocenters. The Kier molecular flexibility index (Phi) is 6.68. The summed E-state index contributed by atoms with van der Waals surface area (Å²) in [6.45, 7) is 1.31. The van der Waals surface area contributed by atoms with E-state index in [9.17, 15) is 29.4 Å². The van der Waals surface area contributed by atoms with Gasteiger partial charge in [-0.05, 0) is 31.5 Å². The number of rotatable bonds is 8. The molecule has 9 rings (SSSR count). The van der Waals surface area contributed by atoms with Crippen molar-refractivity contribution in [2.24, 2.45) is 5.92 Å². The van der Waals surface area contributed by atoms with Crippen molar-refractivity contribution in [2.45, 2.75) is 61.7 Å². The molecule has 7 heterocycles. The number of aryl methyl sites for hydroxylation is 1. The van der Waals surface area contributed by atoms with Crippen LogP contribution in [0, 0.1) is 12.8 Å². The van der Waals surface area contributed by atoms with Crippen molar-refractivity contribution in [2.75, 3.05) is 18.5 Å². The normalized spacial score (nSPS) is 32.0. The molecule has 1 aromatic carbocycles. The van der Waals surface area contributed by atoms with Crippen molar-refractivity contribution in [3.63, 3.8) is 0 Å². The van der Waals surface area contributed by atoms with Crippen LogP contribution in [0.25, 0.3) is 0 Å². The number of H-pyrrole nitrogens is 1. The van der Waals surface area contributed by atoms with Gasteiger partial charge in [0.05, 0.1) is 24.9 Å². The molecule has 1 aliphatic carbocycles. The second-order valence-corrected chi connectivity index (χ2v) is 12.5. The quantitative estimate of drug-likeness (QED) is 0.182. The van der Waals surface area contributed by atoms with Crippen LogP contribution in [0.3, 0.4) is 0 Å². The SMILES string of the molecule is Cc1cn([C@@H]2O[C@@]3(CO)CC2[C@@H]3n2cc(C[C@@]34CO[C@@H]([C@H](n5ccc(NC(=O)c6ccccc6)nc5=O)O3)[C@@H]4O)nn2)c(=O)[nH]c1=O. The average molecular weight is 647 g/mol. The molecule has 1 amide bonds. The minimum atomic E-state index is -1.23. The first-order valence-corrected chi connectivity index (χ1v) is 15.1. The second kappa shape index (κ2) is 10.6. The van der Waals surface area contributed by atoms with Gasteiger partial charge in [0.15, 0.2) is 6.23 Å². The average Bonchev–Trinajstić information content (AvgIpc) is 3.85. The molecule has 47 heavy (non-hydrogen) atoms. The molecule has 17 nitrogen and oxygen atoms in total. The molecule has 17 heteroatoms. The first kappa shape index (κ1) is 29.6. The van der Waals surface area contributed by atoms with Crippen LogP contribution in [0.15, 0.2) is 69.4 Å². The number of amides is 1.